The molecule has 0 unspecified atom stereocenters. The fourth-order valence-electron chi connectivity index (χ4n) is 3.33. The maximum absolute atomic E-state index is 12.3. The highest BCUT2D eigenvalue weighted by Crippen LogP contribution is 2.29. The van der Waals surface area contributed by atoms with Crippen molar-refractivity contribution in [2.24, 2.45) is 0 Å². The van der Waals surface area contributed by atoms with E-state index >= 15 is 0 Å². The molecule has 4 rings (SSSR count). The predicted molar refractivity (Wildman–Crippen MR) is 97.6 cm³/mol. The van der Waals surface area contributed by atoms with E-state index < -0.39 is 0 Å². The Bertz CT molecular complexity index is 841. The number of carbonyl (C=O) groups is 1. The number of amides is 1. The minimum atomic E-state index is 0.0740. The summed E-state index contributed by atoms with van der Waals surface area (Å²) in [7, 11) is 0. The van der Waals surface area contributed by atoms with Crippen LogP contribution in [0, 0.1) is 0 Å². The average molecular weight is 339 g/mol. The fraction of sp³-hybridized carbons (Fsp3) is 0.368. The van der Waals surface area contributed by atoms with Gasteiger partial charge in [0.2, 0.25) is 0 Å². The lowest BCUT2D eigenvalue weighted by molar-refractivity contribution is 0.0957. The van der Waals surface area contributed by atoms with Crippen LogP contribution in [0.5, 0.6) is 0 Å². The van der Waals surface area contributed by atoms with E-state index in [0.29, 0.717) is 6.54 Å². The molecule has 0 aliphatic heterocycles. The third-order valence-corrected chi connectivity index (χ3v) is 5.84. The normalized spacial score (nSPS) is 13.8. The maximum atomic E-state index is 12.3. The third kappa shape index (κ3) is 3.08. The first-order valence-electron chi connectivity index (χ1n) is 8.61. The van der Waals surface area contributed by atoms with Gasteiger partial charge in [-0.3, -0.25) is 4.79 Å². The van der Waals surface area contributed by atoms with Crippen molar-refractivity contribution in [3.8, 4) is 0 Å². The smallest absolute Gasteiger partial charge is 0.261 e. The van der Waals surface area contributed by atoms with Gasteiger partial charge in [0, 0.05) is 18.0 Å². The van der Waals surface area contributed by atoms with Gasteiger partial charge in [0.05, 0.1) is 22.2 Å². The number of fused-ring (bicyclic) bond motifs is 2. The summed E-state index contributed by atoms with van der Waals surface area (Å²) in [6.07, 6.45) is 7.56. The molecule has 0 saturated carbocycles. The lowest BCUT2D eigenvalue weighted by Crippen LogP contribution is -2.24. The van der Waals surface area contributed by atoms with Gasteiger partial charge in [-0.05, 0) is 55.9 Å². The molecule has 0 atom stereocenters. The number of thiophene rings is 1. The Hall–Kier alpha value is -2.14. The Morgan fingerprint density at radius 3 is 3.04 bits per heavy atom. The van der Waals surface area contributed by atoms with Crippen LogP contribution in [0.2, 0.25) is 0 Å². The molecule has 1 aliphatic carbocycles. The Labute approximate surface area is 145 Å². The van der Waals surface area contributed by atoms with E-state index in [9.17, 15) is 4.79 Å². The van der Waals surface area contributed by atoms with Gasteiger partial charge in [0.1, 0.15) is 0 Å². The molecule has 1 N–H and O–H groups in total. The maximum Gasteiger partial charge on any atom is 0.261 e. The number of hydrogen-bond acceptors (Lipinski definition) is 3. The summed E-state index contributed by atoms with van der Waals surface area (Å²) in [6, 6.07) is 10.2. The quantitative estimate of drug-likeness (QED) is 0.719. The number of rotatable bonds is 5. The number of imidazole rings is 1. The number of nitrogens with zero attached hydrogens (tertiary/aromatic N) is 2. The first-order chi connectivity index (χ1) is 11.8. The summed E-state index contributed by atoms with van der Waals surface area (Å²) in [5.74, 6) is 0.0740. The molecule has 0 bridgehead atoms. The number of aromatic nitrogens is 2. The second-order valence-electron chi connectivity index (χ2n) is 6.30. The number of carbonyl (C=O) groups excluding carboxylic acids is 1. The van der Waals surface area contributed by atoms with Gasteiger partial charge in [-0.15, -0.1) is 11.3 Å². The summed E-state index contributed by atoms with van der Waals surface area (Å²) in [5.41, 5.74) is 3.56. The van der Waals surface area contributed by atoms with Crippen molar-refractivity contribution in [1.82, 2.24) is 14.9 Å². The van der Waals surface area contributed by atoms with E-state index in [1.54, 1.807) is 11.3 Å². The average Bonchev–Trinajstić information content (AvgIpc) is 3.23. The number of para-hydroxylation sites is 2. The van der Waals surface area contributed by atoms with Crippen molar-refractivity contribution < 1.29 is 4.79 Å². The minimum absolute atomic E-state index is 0.0740. The van der Waals surface area contributed by atoms with Gasteiger partial charge in [0.25, 0.3) is 5.91 Å². The lowest BCUT2D eigenvalue weighted by atomic mass is 9.99. The van der Waals surface area contributed by atoms with Crippen LogP contribution >= 0.6 is 11.3 Å². The van der Waals surface area contributed by atoms with Crippen molar-refractivity contribution in [3.63, 3.8) is 0 Å². The molecule has 0 saturated heterocycles. The van der Waals surface area contributed by atoms with E-state index in [1.165, 1.54) is 23.3 Å². The molecule has 3 aromatic rings. The molecule has 0 spiro atoms. The third-order valence-electron chi connectivity index (χ3n) is 4.61. The molecule has 5 heteroatoms. The van der Waals surface area contributed by atoms with Gasteiger partial charge < -0.3 is 9.88 Å². The van der Waals surface area contributed by atoms with Crippen LogP contribution in [-0.2, 0) is 19.4 Å². The molecule has 2 aromatic heterocycles. The lowest BCUT2D eigenvalue weighted by Gasteiger charge is -2.08. The zero-order valence-electron chi connectivity index (χ0n) is 13.6. The summed E-state index contributed by atoms with van der Waals surface area (Å²) < 4.78 is 2.14. The van der Waals surface area contributed by atoms with Crippen LogP contribution < -0.4 is 5.32 Å². The topological polar surface area (TPSA) is 46.9 Å². The molecule has 2 heterocycles. The van der Waals surface area contributed by atoms with Crippen molar-refractivity contribution in [1.29, 1.82) is 0 Å². The van der Waals surface area contributed by atoms with Crippen molar-refractivity contribution in [2.45, 2.75) is 38.6 Å². The van der Waals surface area contributed by atoms with Crippen LogP contribution in [0.1, 0.15) is 39.4 Å². The second kappa shape index (κ2) is 6.77. The van der Waals surface area contributed by atoms with Crippen LogP contribution in [0.15, 0.2) is 36.7 Å². The number of nitrogens with one attached hydrogen (secondary N) is 1. The SMILES string of the molecule is O=C(NCCCn1cnc2ccccc21)c1cc2c(s1)CCCC2. The summed E-state index contributed by atoms with van der Waals surface area (Å²) in [6.45, 7) is 1.55. The Kier molecular flexibility index (Phi) is 4.34. The van der Waals surface area contributed by atoms with E-state index in [-0.39, 0.29) is 5.91 Å². The molecule has 0 fully saturated rings. The first-order valence-corrected chi connectivity index (χ1v) is 9.42. The van der Waals surface area contributed by atoms with Gasteiger partial charge in [0.15, 0.2) is 0 Å². The van der Waals surface area contributed by atoms with Gasteiger partial charge in [-0.1, -0.05) is 12.1 Å². The van der Waals surface area contributed by atoms with Crippen LogP contribution in [0.4, 0.5) is 0 Å². The highest BCUT2D eigenvalue weighted by molar-refractivity contribution is 7.14. The molecule has 124 valence electrons. The van der Waals surface area contributed by atoms with Crippen molar-refractivity contribution in [2.75, 3.05) is 6.54 Å². The molecule has 24 heavy (non-hydrogen) atoms. The number of aryl methyl sites for hydroxylation is 3. The Morgan fingerprint density at radius 2 is 2.12 bits per heavy atom. The molecular weight excluding hydrogens is 318 g/mol. The minimum Gasteiger partial charge on any atom is -0.351 e. The zero-order valence-corrected chi connectivity index (χ0v) is 14.4. The zero-order chi connectivity index (χ0) is 16.4. The fourth-order valence-corrected chi connectivity index (χ4v) is 4.50. The molecule has 1 aromatic carbocycles. The van der Waals surface area contributed by atoms with Crippen LogP contribution in [0.25, 0.3) is 11.0 Å². The second-order valence-corrected chi connectivity index (χ2v) is 7.44. The van der Waals surface area contributed by atoms with Crippen LogP contribution in [0.3, 0.4) is 0 Å². The predicted octanol–water partition coefficient (Wildman–Crippen LogP) is 3.80. The monoisotopic (exact) mass is 339 g/mol. The summed E-state index contributed by atoms with van der Waals surface area (Å²) >= 11 is 1.67. The number of benzene rings is 1. The van der Waals surface area contributed by atoms with Crippen molar-refractivity contribution >= 4 is 28.3 Å². The highest BCUT2D eigenvalue weighted by Gasteiger charge is 2.16. The van der Waals surface area contributed by atoms with Gasteiger partial charge >= 0.3 is 0 Å². The van der Waals surface area contributed by atoms with E-state index in [2.05, 4.69) is 27.0 Å². The molecular formula is C19H21N3OS. The van der Waals surface area contributed by atoms with E-state index in [4.69, 9.17) is 0 Å². The van der Waals surface area contributed by atoms with Crippen molar-refractivity contribution in [3.05, 3.63) is 52.0 Å². The first kappa shape index (κ1) is 15.4. The molecule has 1 aliphatic rings. The standard InChI is InChI=1S/C19H21N3OS/c23-19(18-12-14-6-1-4-9-17(14)24-18)20-10-5-11-22-13-21-15-7-2-3-8-16(15)22/h2-3,7-8,12-13H,1,4-6,9-11H2,(H,20,23). The molecule has 1 amide bonds. The largest absolute Gasteiger partial charge is 0.351 e. The number of hydrogen-bond donors (Lipinski definition) is 1. The Balaban J connectivity index is 1.31. The summed E-state index contributed by atoms with van der Waals surface area (Å²) in [4.78, 5) is 19.0. The van der Waals surface area contributed by atoms with Crippen LogP contribution in [-0.4, -0.2) is 22.0 Å². The molecule has 0 radical (unpaired) electrons. The molecule has 4 nitrogen and oxygen atoms in total. The van der Waals surface area contributed by atoms with E-state index in [1.807, 2.05) is 24.5 Å². The van der Waals surface area contributed by atoms with Gasteiger partial charge in [-0.25, -0.2) is 4.98 Å². The highest BCUT2D eigenvalue weighted by atomic mass is 32.1. The van der Waals surface area contributed by atoms with Gasteiger partial charge in [-0.2, -0.15) is 0 Å². The summed E-state index contributed by atoms with van der Waals surface area (Å²) in [5, 5.41) is 3.06. The van der Waals surface area contributed by atoms with E-state index in [0.717, 1.165) is 41.7 Å². The Morgan fingerprint density at radius 1 is 1.25 bits per heavy atom.